The molecule has 27 heavy (non-hydrogen) atoms. The zero-order valence-corrected chi connectivity index (χ0v) is 15.4. The predicted octanol–water partition coefficient (Wildman–Crippen LogP) is 4.58. The molecule has 7 nitrogen and oxygen atoms in total. The molecule has 0 unspecified atom stereocenters. The van der Waals surface area contributed by atoms with Crippen molar-refractivity contribution in [2.45, 2.75) is 10.8 Å². The van der Waals surface area contributed by atoms with Crippen LogP contribution in [0, 0.1) is 10.1 Å². The van der Waals surface area contributed by atoms with E-state index in [0.717, 1.165) is 5.56 Å². The minimum Gasteiger partial charge on any atom is -0.322 e. The Morgan fingerprint density at radius 1 is 1.19 bits per heavy atom. The molecular formula is C18H13ClN4O3S. The highest BCUT2D eigenvalue weighted by atomic mass is 35.5. The molecule has 1 N–H and O–H groups in total. The van der Waals surface area contributed by atoms with E-state index in [2.05, 4.69) is 15.3 Å². The van der Waals surface area contributed by atoms with E-state index in [-0.39, 0.29) is 16.4 Å². The second-order valence-corrected chi connectivity index (χ2v) is 6.75. The van der Waals surface area contributed by atoms with Crippen molar-refractivity contribution in [1.29, 1.82) is 0 Å². The van der Waals surface area contributed by atoms with Crippen molar-refractivity contribution in [2.75, 3.05) is 5.32 Å². The fourth-order valence-electron chi connectivity index (χ4n) is 2.24. The molecule has 3 aromatic rings. The number of carbonyl (C=O) groups is 1. The SMILES string of the molecule is O=C(Nc1ccc(Cl)c([N+](=O)[O-])c1)c1cccnc1SCc1ccncc1. The van der Waals surface area contributed by atoms with E-state index in [1.807, 2.05) is 12.1 Å². The average Bonchev–Trinajstić information content (AvgIpc) is 2.68. The molecular weight excluding hydrogens is 388 g/mol. The Morgan fingerprint density at radius 3 is 2.70 bits per heavy atom. The average molecular weight is 401 g/mol. The summed E-state index contributed by atoms with van der Waals surface area (Å²) in [5, 5.41) is 14.2. The molecule has 0 radical (unpaired) electrons. The lowest BCUT2D eigenvalue weighted by molar-refractivity contribution is -0.384. The first-order chi connectivity index (χ1) is 13.0. The van der Waals surface area contributed by atoms with E-state index >= 15 is 0 Å². The van der Waals surface area contributed by atoms with Gasteiger partial charge in [0.1, 0.15) is 10.0 Å². The molecule has 0 aliphatic heterocycles. The van der Waals surface area contributed by atoms with Gasteiger partial charge in [0.25, 0.3) is 11.6 Å². The molecule has 0 aliphatic carbocycles. The van der Waals surface area contributed by atoms with Gasteiger partial charge in [-0.15, -0.1) is 11.8 Å². The van der Waals surface area contributed by atoms with E-state index in [9.17, 15) is 14.9 Å². The van der Waals surface area contributed by atoms with Gasteiger partial charge in [0.15, 0.2) is 0 Å². The van der Waals surface area contributed by atoms with E-state index in [0.29, 0.717) is 16.3 Å². The number of nitrogens with one attached hydrogen (secondary N) is 1. The zero-order valence-electron chi connectivity index (χ0n) is 13.8. The van der Waals surface area contributed by atoms with Gasteiger partial charge < -0.3 is 5.32 Å². The van der Waals surface area contributed by atoms with Gasteiger partial charge in [0.2, 0.25) is 0 Å². The van der Waals surface area contributed by atoms with Crippen molar-refractivity contribution >= 4 is 40.6 Å². The number of hydrogen-bond donors (Lipinski definition) is 1. The van der Waals surface area contributed by atoms with Crippen LogP contribution in [-0.2, 0) is 5.75 Å². The van der Waals surface area contributed by atoms with E-state index < -0.39 is 10.8 Å². The molecule has 2 heterocycles. The number of nitro groups is 1. The molecule has 2 aromatic heterocycles. The second-order valence-electron chi connectivity index (χ2n) is 5.38. The van der Waals surface area contributed by atoms with Gasteiger partial charge in [-0.3, -0.25) is 19.9 Å². The number of carbonyl (C=O) groups excluding carboxylic acids is 1. The van der Waals surface area contributed by atoms with Gasteiger partial charge in [0.05, 0.1) is 10.5 Å². The summed E-state index contributed by atoms with van der Waals surface area (Å²) in [4.78, 5) is 31.3. The summed E-state index contributed by atoms with van der Waals surface area (Å²) in [6.45, 7) is 0. The Kier molecular flexibility index (Phi) is 6.00. The lowest BCUT2D eigenvalue weighted by Gasteiger charge is -2.09. The van der Waals surface area contributed by atoms with Crippen LogP contribution in [0.5, 0.6) is 0 Å². The molecule has 9 heteroatoms. The van der Waals surface area contributed by atoms with Crippen LogP contribution in [-0.4, -0.2) is 20.8 Å². The molecule has 0 spiro atoms. The van der Waals surface area contributed by atoms with Gasteiger partial charge in [0, 0.05) is 36.1 Å². The van der Waals surface area contributed by atoms with Crippen LogP contribution in [0.3, 0.4) is 0 Å². The Balaban J connectivity index is 1.77. The van der Waals surface area contributed by atoms with E-state index in [1.54, 1.807) is 30.7 Å². The van der Waals surface area contributed by atoms with Gasteiger partial charge in [-0.25, -0.2) is 4.98 Å². The summed E-state index contributed by atoms with van der Waals surface area (Å²) in [5.41, 5.74) is 1.45. The second kappa shape index (κ2) is 8.61. The van der Waals surface area contributed by atoms with E-state index in [1.165, 1.54) is 30.0 Å². The maximum Gasteiger partial charge on any atom is 0.289 e. The number of pyridine rings is 2. The Bertz CT molecular complexity index is 985. The molecule has 1 aromatic carbocycles. The third kappa shape index (κ3) is 4.81. The summed E-state index contributed by atoms with van der Waals surface area (Å²) in [5.74, 6) is 0.226. The van der Waals surface area contributed by atoms with Crippen LogP contribution in [0.4, 0.5) is 11.4 Å². The Labute approximate surface area is 164 Å². The summed E-state index contributed by atoms with van der Waals surface area (Å²) in [6, 6.07) is 11.2. The van der Waals surface area contributed by atoms with Crippen LogP contribution in [0.15, 0.2) is 66.1 Å². The number of aromatic nitrogens is 2. The first-order valence-corrected chi connectivity index (χ1v) is 9.13. The molecule has 0 saturated carbocycles. The Morgan fingerprint density at radius 2 is 1.96 bits per heavy atom. The van der Waals surface area contributed by atoms with Gasteiger partial charge in [-0.1, -0.05) is 11.6 Å². The third-order valence-corrected chi connectivity index (χ3v) is 4.94. The number of halogens is 1. The summed E-state index contributed by atoms with van der Waals surface area (Å²) < 4.78 is 0. The smallest absolute Gasteiger partial charge is 0.289 e. The van der Waals surface area contributed by atoms with Crippen molar-refractivity contribution in [3.8, 4) is 0 Å². The lowest BCUT2D eigenvalue weighted by atomic mass is 10.2. The van der Waals surface area contributed by atoms with Crippen LogP contribution in [0.25, 0.3) is 0 Å². The number of benzene rings is 1. The van der Waals surface area contributed by atoms with Crippen LogP contribution < -0.4 is 5.32 Å². The van der Waals surface area contributed by atoms with Crippen molar-refractivity contribution in [3.63, 3.8) is 0 Å². The predicted molar refractivity (Wildman–Crippen MR) is 104 cm³/mol. The number of nitrogens with zero attached hydrogens (tertiary/aromatic N) is 3. The molecule has 1 amide bonds. The number of amides is 1. The van der Waals surface area contributed by atoms with Crippen LogP contribution in [0.2, 0.25) is 5.02 Å². The van der Waals surface area contributed by atoms with Gasteiger partial charge >= 0.3 is 0 Å². The monoisotopic (exact) mass is 400 g/mol. The minimum atomic E-state index is -0.599. The van der Waals surface area contributed by atoms with Crippen LogP contribution in [0.1, 0.15) is 15.9 Å². The topological polar surface area (TPSA) is 98.0 Å². The first-order valence-electron chi connectivity index (χ1n) is 7.76. The lowest BCUT2D eigenvalue weighted by Crippen LogP contribution is -2.13. The third-order valence-electron chi connectivity index (χ3n) is 3.54. The Hall–Kier alpha value is -2.97. The molecule has 0 fully saturated rings. The van der Waals surface area contributed by atoms with Gasteiger partial charge in [-0.05, 0) is 42.0 Å². The van der Waals surface area contributed by atoms with Gasteiger partial charge in [-0.2, -0.15) is 0 Å². The standard InChI is InChI=1S/C18H13ClN4O3S/c19-15-4-3-13(10-16(15)23(25)26)22-17(24)14-2-1-7-21-18(14)27-11-12-5-8-20-9-6-12/h1-10H,11H2,(H,22,24). The van der Waals surface area contributed by atoms with Crippen molar-refractivity contribution in [3.05, 3.63) is 87.3 Å². The van der Waals surface area contributed by atoms with Crippen molar-refractivity contribution in [1.82, 2.24) is 9.97 Å². The first kappa shape index (κ1) is 18.8. The number of rotatable bonds is 6. The minimum absolute atomic E-state index is 0.00738. The van der Waals surface area contributed by atoms with Crippen molar-refractivity contribution in [2.24, 2.45) is 0 Å². The highest BCUT2D eigenvalue weighted by Gasteiger charge is 2.17. The number of thioether (sulfide) groups is 1. The molecule has 0 saturated heterocycles. The number of nitro benzene ring substituents is 1. The fraction of sp³-hybridized carbons (Fsp3) is 0.0556. The number of hydrogen-bond acceptors (Lipinski definition) is 6. The molecule has 0 bridgehead atoms. The summed E-state index contributed by atoms with van der Waals surface area (Å²) in [7, 11) is 0. The number of anilines is 1. The molecule has 3 rings (SSSR count). The van der Waals surface area contributed by atoms with Crippen LogP contribution >= 0.6 is 23.4 Å². The summed E-state index contributed by atoms with van der Waals surface area (Å²) in [6.07, 6.45) is 5.02. The summed E-state index contributed by atoms with van der Waals surface area (Å²) >= 11 is 7.22. The molecule has 0 aliphatic rings. The molecule has 136 valence electrons. The normalized spacial score (nSPS) is 10.4. The highest BCUT2D eigenvalue weighted by molar-refractivity contribution is 7.98. The highest BCUT2D eigenvalue weighted by Crippen LogP contribution is 2.29. The fourth-order valence-corrected chi connectivity index (χ4v) is 3.37. The maximum atomic E-state index is 12.6. The van der Waals surface area contributed by atoms with Crippen molar-refractivity contribution < 1.29 is 9.72 Å². The largest absolute Gasteiger partial charge is 0.322 e. The zero-order chi connectivity index (χ0) is 19.2. The quantitative estimate of drug-likeness (QED) is 0.369. The van der Waals surface area contributed by atoms with E-state index in [4.69, 9.17) is 11.6 Å². The molecule has 0 atom stereocenters. The maximum absolute atomic E-state index is 12.6.